The molecule has 1 aliphatic carbocycles. The van der Waals surface area contributed by atoms with E-state index < -0.39 is 0 Å². The molecule has 2 nitrogen and oxygen atoms in total. The lowest BCUT2D eigenvalue weighted by atomic mass is 9.87. The summed E-state index contributed by atoms with van der Waals surface area (Å²) in [5, 5.41) is 9.66. The highest BCUT2D eigenvalue weighted by atomic mass is 16.3. The molecule has 2 heteroatoms. The third-order valence-electron chi connectivity index (χ3n) is 5.14. The number of aromatic nitrogens is 1. The lowest BCUT2D eigenvalue weighted by Gasteiger charge is -2.20. The van der Waals surface area contributed by atoms with Gasteiger partial charge in [0.1, 0.15) is 6.61 Å². The third-order valence-corrected chi connectivity index (χ3v) is 5.14. The van der Waals surface area contributed by atoms with Gasteiger partial charge < -0.3 is 5.11 Å². The Morgan fingerprint density at radius 2 is 1.44 bits per heavy atom. The summed E-state index contributed by atoms with van der Waals surface area (Å²) in [6.45, 7) is 0.823. The lowest BCUT2D eigenvalue weighted by Crippen LogP contribution is -2.44. The number of fused-ring (bicyclic) bond motifs is 1. The summed E-state index contributed by atoms with van der Waals surface area (Å²) in [5.41, 5.74) is 7.92. The fraction of sp³-hybridized carbons (Fsp3) is 0.261. The van der Waals surface area contributed by atoms with E-state index in [1.54, 1.807) is 0 Å². The molecule has 0 saturated heterocycles. The number of hydrogen-bond donors (Lipinski definition) is 1. The standard InChI is InChI=1S/C23H24NO/c25-16-15-24-22-14-8-7-13-20(22)21(18-9-3-1-4-10-18)17-23(24)19-11-5-2-6-12-19/h1-6,9-12,17,25H,7-8,13-16H2/q+1. The predicted molar refractivity (Wildman–Crippen MR) is 101 cm³/mol. The maximum absolute atomic E-state index is 9.66. The number of nitrogens with zero attached hydrogens (tertiary/aromatic N) is 1. The molecule has 2 aromatic carbocycles. The quantitative estimate of drug-likeness (QED) is 0.713. The number of aliphatic hydroxyl groups is 1. The van der Waals surface area contributed by atoms with E-state index in [0.717, 1.165) is 12.8 Å². The Labute approximate surface area is 149 Å². The van der Waals surface area contributed by atoms with Gasteiger partial charge in [-0.25, -0.2) is 0 Å². The first kappa shape index (κ1) is 16.0. The smallest absolute Gasteiger partial charge is 0.213 e. The van der Waals surface area contributed by atoms with Gasteiger partial charge in [-0.2, -0.15) is 4.57 Å². The van der Waals surface area contributed by atoms with Gasteiger partial charge in [-0.3, -0.25) is 0 Å². The molecule has 3 aromatic rings. The minimum atomic E-state index is 0.168. The zero-order valence-corrected chi connectivity index (χ0v) is 14.5. The summed E-state index contributed by atoms with van der Waals surface area (Å²) < 4.78 is 2.34. The van der Waals surface area contributed by atoms with Gasteiger partial charge >= 0.3 is 0 Å². The first-order valence-electron chi connectivity index (χ1n) is 9.19. The summed E-state index contributed by atoms with van der Waals surface area (Å²) in [6, 6.07) is 23.6. The molecule has 0 fully saturated rings. The van der Waals surface area contributed by atoms with Crippen LogP contribution in [0.3, 0.4) is 0 Å². The Morgan fingerprint density at radius 3 is 2.12 bits per heavy atom. The van der Waals surface area contributed by atoms with Crippen molar-refractivity contribution in [1.82, 2.24) is 0 Å². The van der Waals surface area contributed by atoms with Crippen LogP contribution >= 0.6 is 0 Å². The van der Waals surface area contributed by atoms with Crippen molar-refractivity contribution in [2.24, 2.45) is 0 Å². The van der Waals surface area contributed by atoms with Gasteiger partial charge in [0, 0.05) is 23.6 Å². The van der Waals surface area contributed by atoms with Crippen LogP contribution in [0.1, 0.15) is 24.1 Å². The predicted octanol–water partition coefficient (Wildman–Crippen LogP) is 4.18. The number of pyridine rings is 1. The average Bonchev–Trinajstić information content (AvgIpc) is 2.70. The zero-order valence-electron chi connectivity index (χ0n) is 14.5. The second-order valence-corrected chi connectivity index (χ2v) is 6.68. The van der Waals surface area contributed by atoms with Crippen LogP contribution in [-0.4, -0.2) is 11.7 Å². The van der Waals surface area contributed by atoms with E-state index in [1.165, 1.54) is 46.5 Å². The van der Waals surface area contributed by atoms with E-state index in [1.807, 2.05) is 0 Å². The normalized spacial score (nSPS) is 13.5. The molecular weight excluding hydrogens is 306 g/mol. The fourth-order valence-corrected chi connectivity index (χ4v) is 4.00. The van der Waals surface area contributed by atoms with Crippen molar-refractivity contribution in [3.63, 3.8) is 0 Å². The van der Waals surface area contributed by atoms with Crippen molar-refractivity contribution in [3.05, 3.63) is 78.0 Å². The van der Waals surface area contributed by atoms with Crippen molar-refractivity contribution in [1.29, 1.82) is 0 Å². The van der Waals surface area contributed by atoms with Crippen molar-refractivity contribution in [2.75, 3.05) is 6.61 Å². The van der Waals surface area contributed by atoms with E-state index in [2.05, 4.69) is 71.3 Å². The molecule has 25 heavy (non-hydrogen) atoms. The second kappa shape index (κ2) is 7.20. The largest absolute Gasteiger partial charge is 0.390 e. The van der Waals surface area contributed by atoms with E-state index in [9.17, 15) is 5.11 Å². The van der Waals surface area contributed by atoms with Gasteiger partial charge in [0.2, 0.25) is 5.69 Å². The highest BCUT2D eigenvalue weighted by Gasteiger charge is 2.28. The summed E-state index contributed by atoms with van der Waals surface area (Å²) in [7, 11) is 0. The molecule has 0 aliphatic heterocycles. The highest BCUT2D eigenvalue weighted by molar-refractivity contribution is 5.72. The maximum atomic E-state index is 9.66. The molecule has 1 heterocycles. The van der Waals surface area contributed by atoms with Crippen LogP contribution in [0.25, 0.3) is 22.4 Å². The number of benzene rings is 2. The van der Waals surface area contributed by atoms with Crippen LogP contribution in [0.5, 0.6) is 0 Å². The van der Waals surface area contributed by atoms with E-state index >= 15 is 0 Å². The topological polar surface area (TPSA) is 24.1 Å². The van der Waals surface area contributed by atoms with E-state index in [0.29, 0.717) is 6.54 Å². The monoisotopic (exact) mass is 330 g/mol. The van der Waals surface area contributed by atoms with Crippen LogP contribution in [0.4, 0.5) is 0 Å². The molecule has 1 N–H and O–H groups in total. The van der Waals surface area contributed by atoms with Crippen molar-refractivity contribution in [2.45, 2.75) is 32.2 Å². The third kappa shape index (κ3) is 3.10. The molecule has 4 rings (SSSR count). The summed E-state index contributed by atoms with van der Waals surface area (Å²) in [4.78, 5) is 0. The molecule has 0 amide bonds. The van der Waals surface area contributed by atoms with Crippen molar-refractivity contribution < 1.29 is 9.67 Å². The minimum Gasteiger partial charge on any atom is -0.390 e. The number of rotatable bonds is 4. The SMILES string of the molecule is OCC[n+]1c(-c2ccccc2)cc(-c2ccccc2)c2c1CCCC2. The van der Waals surface area contributed by atoms with E-state index in [-0.39, 0.29) is 6.61 Å². The number of hydrogen-bond acceptors (Lipinski definition) is 1. The second-order valence-electron chi connectivity index (χ2n) is 6.68. The summed E-state index contributed by atoms with van der Waals surface area (Å²) >= 11 is 0. The fourth-order valence-electron chi connectivity index (χ4n) is 4.00. The van der Waals surface area contributed by atoms with E-state index in [4.69, 9.17) is 0 Å². The first-order chi connectivity index (χ1) is 12.4. The Balaban J connectivity index is 2.00. The van der Waals surface area contributed by atoms with Gasteiger partial charge in [-0.05, 0) is 42.5 Å². The molecule has 1 aliphatic rings. The molecule has 0 spiro atoms. The van der Waals surface area contributed by atoms with Crippen molar-refractivity contribution >= 4 is 0 Å². The van der Waals surface area contributed by atoms with Crippen LogP contribution < -0.4 is 4.57 Å². The Hall–Kier alpha value is -2.45. The number of aliphatic hydroxyl groups excluding tert-OH is 1. The molecule has 126 valence electrons. The Morgan fingerprint density at radius 1 is 0.800 bits per heavy atom. The highest BCUT2D eigenvalue weighted by Crippen LogP contribution is 2.33. The molecular formula is C23H24NO+. The van der Waals surface area contributed by atoms with Crippen molar-refractivity contribution in [3.8, 4) is 22.4 Å². The molecule has 0 unspecified atom stereocenters. The summed E-state index contributed by atoms with van der Waals surface area (Å²) in [6.07, 6.45) is 4.69. The van der Waals surface area contributed by atoms with Gasteiger partial charge in [-0.1, -0.05) is 48.5 Å². The van der Waals surface area contributed by atoms with Gasteiger partial charge in [0.25, 0.3) is 0 Å². The first-order valence-corrected chi connectivity index (χ1v) is 9.19. The van der Waals surface area contributed by atoms with Crippen LogP contribution in [0.15, 0.2) is 66.7 Å². The van der Waals surface area contributed by atoms with Gasteiger partial charge in [-0.15, -0.1) is 0 Å². The molecule has 0 radical (unpaired) electrons. The molecule has 0 bridgehead atoms. The van der Waals surface area contributed by atoms with Gasteiger partial charge in [0.15, 0.2) is 12.2 Å². The summed E-state index contributed by atoms with van der Waals surface area (Å²) in [5.74, 6) is 0. The molecule has 1 aromatic heterocycles. The molecule has 0 saturated carbocycles. The zero-order chi connectivity index (χ0) is 17.1. The maximum Gasteiger partial charge on any atom is 0.213 e. The van der Waals surface area contributed by atoms with Crippen LogP contribution in [0.2, 0.25) is 0 Å². The minimum absolute atomic E-state index is 0.168. The van der Waals surface area contributed by atoms with Crippen LogP contribution in [0, 0.1) is 0 Å². The average molecular weight is 330 g/mol. The lowest BCUT2D eigenvalue weighted by molar-refractivity contribution is -0.695. The Bertz CT molecular complexity index is 856. The Kier molecular flexibility index (Phi) is 4.62. The van der Waals surface area contributed by atoms with Gasteiger partial charge in [0.05, 0.1) is 0 Å². The molecule has 0 atom stereocenters. The van der Waals surface area contributed by atoms with Crippen LogP contribution in [-0.2, 0) is 19.4 Å².